The van der Waals surface area contributed by atoms with E-state index in [1.165, 1.54) is 12.8 Å². The summed E-state index contributed by atoms with van der Waals surface area (Å²) in [4.78, 5) is 25.5. The SMILES string of the molecule is COc1cc(N2CCC3(CC2)CC(CN2CCCC2)OC3=O)nc(N)n1. The highest BCUT2D eigenvalue weighted by Gasteiger charge is 2.50. The number of ether oxygens (including phenoxy) is 2. The first-order valence-corrected chi connectivity index (χ1v) is 9.45. The summed E-state index contributed by atoms with van der Waals surface area (Å²) in [5, 5.41) is 0. The normalized spacial score (nSPS) is 25.7. The number of anilines is 2. The minimum Gasteiger partial charge on any atom is -0.481 e. The van der Waals surface area contributed by atoms with Gasteiger partial charge in [-0.2, -0.15) is 9.97 Å². The molecule has 0 aliphatic carbocycles. The lowest BCUT2D eigenvalue weighted by Gasteiger charge is -2.37. The second kappa shape index (κ2) is 6.90. The van der Waals surface area contributed by atoms with Crippen LogP contribution in [-0.2, 0) is 9.53 Å². The van der Waals surface area contributed by atoms with E-state index in [-0.39, 0.29) is 23.4 Å². The predicted molar refractivity (Wildman–Crippen MR) is 97.0 cm³/mol. The van der Waals surface area contributed by atoms with E-state index in [1.807, 2.05) is 0 Å². The molecule has 8 nitrogen and oxygen atoms in total. The maximum Gasteiger partial charge on any atom is 0.312 e. The number of piperidine rings is 1. The fraction of sp³-hybridized carbons (Fsp3) is 0.722. The van der Waals surface area contributed by atoms with E-state index in [0.29, 0.717) is 5.88 Å². The Morgan fingerprint density at radius 1 is 1.27 bits per heavy atom. The third-order valence-electron chi connectivity index (χ3n) is 5.95. The Labute approximate surface area is 153 Å². The van der Waals surface area contributed by atoms with Crippen molar-refractivity contribution >= 4 is 17.7 Å². The first kappa shape index (κ1) is 17.3. The highest BCUT2D eigenvalue weighted by molar-refractivity contribution is 5.79. The van der Waals surface area contributed by atoms with Crippen molar-refractivity contribution in [2.75, 3.05) is 50.5 Å². The Morgan fingerprint density at radius 2 is 2.00 bits per heavy atom. The first-order valence-electron chi connectivity index (χ1n) is 9.45. The number of nitrogen functional groups attached to an aromatic ring is 1. The molecule has 1 spiro atoms. The van der Waals surface area contributed by atoms with Gasteiger partial charge in [-0.15, -0.1) is 0 Å². The zero-order chi connectivity index (χ0) is 18.1. The second-order valence-corrected chi connectivity index (χ2v) is 7.63. The largest absolute Gasteiger partial charge is 0.481 e. The number of nitrogens with zero attached hydrogens (tertiary/aromatic N) is 4. The lowest BCUT2D eigenvalue weighted by molar-refractivity contribution is -0.150. The van der Waals surface area contributed by atoms with E-state index in [1.54, 1.807) is 13.2 Å². The summed E-state index contributed by atoms with van der Waals surface area (Å²) in [6.07, 6.45) is 4.97. The first-order chi connectivity index (χ1) is 12.6. The molecule has 1 aromatic heterocycles. The van der Waals surface area contributed by atoms with E-state index >= 15 is 0 Å². The van der Waals surface area contributed by atoms with Crippen LogP contribution in [0.15, 0.2) is 6.07 Å². The smallest absolute Gasteiger partial charge is 0.312 e. The van der Waals surface area contributed by atoms with Gasteiger partial charge in [0, 0.05) is 32.1 Å². The van der Waals surface area contributed by atoms with Gasteiger partial charge in [0.25, 0.3) is 0 Å². The van der Waals surface area contributed by atoms with E-state index in [2.05, 4.69) is 19.8 Å². The maximum absolute atomic E-state index is 12.6. The van der Waals surface area contributed by atoms with E-state index in [4.69, 9.17) is 15.2 Å². The number of rotatable bonds is 4. The molecule has 4 heterocycles. The van der Waals surface area contributed by atoms with Crippen LogP contribution in [0.2, 0.25) is 0 Å². The summed E-state index contributed by atoms with van der Waals surface area (Å²) in [6.45, 7) is 4.66. The molecule has 26 heavy (non-hydrogen) atoms. The monoisotopic (exact) mass is 361 g/mol. The summed E-state index contributed by atoms with van der Waals surface area (Å²) in [5.74, 6) is 1.40. The number of nitrogens with two attached hydrogens (primary N) is 1. The number of methoxy groups -OCH3 is 1. The van der Waals surface area contributed by atoms with Crippen LogP contribution in [0, 0.1) is 5.41 Å². The van der Waals surface area contributed by atoms with Crippen LogP contribution in [-0.4, -0.2) is 66.8 Å². The number of hydrogen-bond acceptors (Lipinski definition) is 8. The summed E-state index contributed by atoms with van der Waals surface area (Å²) in [6, 6.07) is 1.79. The van der Waals surface area contributed by atoms with Gasteiger partial charge in [0.1, 0.15) is 11.9 Å². The predicted octanol–water partition coefficient (Wildman–Crippen LogP) is 1.07. The average molecular weight is 361 g/mol. The van der Waals surface area contributed by atoms with Crippen LogP contribution < -0.4 is 15.4 Å². The number of hydrogen-bond donors (Lipinski definition) is 1. The Morgan fingerprint density at radius 3 is 2.69 bits per heavy atom. The summed E-state index contributed by atoms with van der Waals surface area (Å²) in [5.41, 5.74) is 5.44. The average Bonchev–Trinajstić information content (AvgIpc) is 3.24. The minimum atomic E-state index is -0.330. The van der Waals surface area contributed by atoms with Crippen LogP contribution in [0.1, 0.15) is 32.1 Å². The topological polar surface area (TPSA) is 93.8 Å². The van der Waals surface area contributed by atoms with Gasteiger partial charge in [-0.1, -0.05) is 0 Å². The lowest BCUT2D eigenvalue weighted by atomic mass is 9.76. The van der Waals surface area contributed by atoms with Gasteiger partial charge in [-0.25, -0.2) is 0 Å². The van der Waals surface area contributed by atoms with Crippen molar-refractivity contribution in [2.45, 2.75) is 38.2 Å². The van der Waals surface area contributed by atoms with Gasteiger partial charge < -0.3 is 20.1 Å². The summed E-state index contributed by atoms with van der Waals surface area (Å²) in [7, 11) is 1.56. The third kappa shape index (κ3) is 3.30. The Kier molecular flexibility index (Phi) is 4.60. The van der Waals surface area contributed by atoms with E-state index < -0.39 is 0 Å². The van der Waals surface area contributed by atoms with Crippen molar-refractivity contribution < 1.29 is 14.3 Å². The molecule has 1 aromatic rings. The zero-order valence-electron chi connectivity index (χ0n) is 15.3. The molecule has 2 N–H and O–H groups in total. The molecule has 4 rings (SSSR count). The molecule has 0 bridgehead atoms. The minimum absolute atomic E-state index is 0.0128. The quantitative estimate of drug-likeness (QED) is 0.796. The molecule has 1 atom stereocenters. The molecule has 142 valence electrons. The molecule has 0 saturated carbocycles. The van der Waals surface area contributed by atoms with Crippen molar-refractivity contribution in [1.29, 1.82) is 0 Å². The molecule has 3 fully saturated rings. The van der Waals surface area contributed by atoms with Crippen LogP contribution in [0.5, 0.6) is 5.88 Å². The van der Waals surface area contributed by atoms with Crippen LogP contribution >= 0.6 is 0 Å². The van der Waals surface area contributed by atoms with Gasteiger partial charge in [0.2, 0.25) is 11.8 Å². The molecular weight excluding hydrogens is 334 g/mol. The van der Waals surface area contributed by atoms with Crippen LogP contribution in [0.3, 0.4) is 0 Å². The number of esters is 1. The van der Waals surface area contributed by atoms with E-state index in [9.17, 15) is 4.79 Å². The third-order valence-corrected chi connectivity index (χ3v) is 5.95. The Balaban J connectivity index is 1.39. The van der Waals surface area contributed by atoms with Gasteiger partial charge >= 0.3 is 5.97 Å². The van der Waals surface area contributed by atoms with E-state index in [0.717, 1.165) is 57.8 Å². The van der Waals surface area contributed by atoms with Crippen molar-refractivity contribution in [2.24, 2.45) is 5.41 Å². The molecule has 0 aromatic carbocycles. The molecule has 0 amide bonds. The van der Waals surface area contributed by atoms with Crippen molar-refractivity contribution in [3.63, 3.8) is 0 Å². The summed E-state index contributed by atoms with van der Waals surface area (Å²) < 4.78 is 10.9. The number of aromatic nitrogens is 2. The highest BCUT2D eigenvalue weighted by Crippen LogP contribution is 2.44. The number of cyclic esters (lactones) is 1. The molecule has 1 unspecified atom stereocenters. The van der Waals surface area contributed by atoms with Crippen molar-refractivity contribution in [3.8, 4) is 5.88 Å². The van der Waals surface area contributed by atoms with Crippen molar-refractivity contribution in [3.05, 3.63) is 6.07 Å². The fourth-order valence-electron chi connectivity index (χ4n) is 4.46. The molecule has 8 heteroatoms. The fourth-order valence-corrected chi connectivity index (χ4v) is 4.46. The van der Waals surface area contributed by atoms with Crippen LogP contribution in [0.25, 0.3) is 0 Å². The second-order valence-electron chi connectivity index (χ2n) is 7.63. The molecule has 0 radical (unpaired) electrons. The Bertz CT molecular complexity index is 669. The zero-order valence-corrected chi connectivity index (χ0v) is 15.3. The Hall–Kier alpha value is -2.09. The maximum atomic E-state index is 12.6. The highest BCUT2D eigenvalue weighted by atomic mass is 16.6. The number of carbonyl (C=O) groups excluding carboxylic acids is 1. The molecule has 3 aliphatic rings. The van der Waals surface area contributed by atoms with Crippen LogP contribution in [0.4, 0.5) is 11.8 Å². The van der Waals surface area contributed by atoms with Gasteiger partial charge in [0.05, 0.1) is 12.5 Å². The standard InChI is InChI=1S/C18H27N5O3/c1-25-15-10-14(20-17(19)21-15)23-8-4-18(5-9-23)11-13(26-16(18)24)12-22-6-2-3-7-22/h10,13H,2-9,11-12H2,1H3,(H2,19,20,21). The van der Waals surface area contributed by atoms with Gasteiger partial charge in [-0.05, 0) is 38.8 Å². The summed E-state index contributed by atoms with van der Waals surface area (Å²) >= 11 is 0. The van der Waals surface area contributed by atoms with Crippen molar-refractivity contribution in [1.82, 2.24) is 14.9 Å². The molecule has 3 aliphatic heterocycles. The lowest BCUT2D eigenvalue weighted by Crippen LogP contribution is -2.43. The molecular formula is C18H27N5O3. The number of likely N-dealkylation sites (tertiary alicyclic amines) is 1. The molecule has 3 saturated heterocycles. The van der Waals surface area contributed by atoms with Gasteiger partial charge in [-0.3, -0.25) is 9.69 Å². The number of carbonyl (C=O) groups is 1. The van der Waals surface area contributed by atoms with Gasteiger partial charge in [0.15, 0.2) is 0 Å².